The Labute approximate surface area is 206 Å². The van der Waals surface area contributed by atoms with E-state index in [9.17, 15) is 22.4 Å². The minimum absolute atomic E-state index is 0.00207. The van der Waals surface area contributed by atoms with Crippen LogP contribution >= 0.6 is 0 Å². The van der Waals surface area contributed by atoms with Crippen LogP contribution in [0.5, 0.6) is 11.5 Å². The Morgan fingerprint density at radius 2 is 2.03 bits per heavy atom. The first kappa shape index (κ1) is 25.8. The van der Waals surface area contributed by atoms with Crippen LogP contribution in [-0.2, 0) is 24.1 Å². The summed E-state index contributed by atoms with van der Waals surface area (Å²) in [5, 5.41) is 0.773. The number of nitrogens with two attached hydrogens (primary N) is 1. The summed E-state index contributed by atoms with van der Waals surface area (Å²) in [7, 11) is 1.50. The molecule has 4 rings (SSSR count). The number of alkyl halides is 3. The highest BCUT2D eigenvalue weighted by Crippen LogP contribution is 2.38. The van der Waals surface area contributed by atoms with Gasteiger partial charge in [-0.3, -0.25) is 9.69 Å². The minimum atomic E-state index is -4.29. The van der Waals surface area contributed by atoms with Crippen LogP contribution < -0.4 is 15.2 Å². The molecule has 10 heteroatoms. The molecule has 2 heterocycles. The SMILES string of the molecule is COc1ccc(CC(N)=O)c2c1OC[C@H](N(CCCc1c[nH]c3ccc(F)cc13)CCC(F)(F)F)C2. The van der Waals surface area contributed by atoms with Gasteiger partial charge in [-0.05, 0) is 61.2 Å². The number of aromatic amines is 1. The molecule has 1 atom stereocenters. The number of amides is 1. The van der Waals surface area contributed by atoms with Crippen LogP contribution in [0, 0.1) is 5.82 Å². The number of rotatable bonds is 10. The van der Waals surface area contributed by atoms with Gasteiger partial charge in [-0.25, -0.2) is 4.39 Å². The Balaban J connectivity index is 1.52. The van der Waals surface area contributed by atoms with Crippen molar-refractivity contribution < 1.29 is 31.8 Å². The molecule has 3 N–H and O–H groups in total. The van der Waals surface area contributed by atoms with Crippen LogP contribution in [0.1, 0.15) is 29.5 Å². The average Bonchev–Trinajstić information content (AvgIpc) is 3.22. The van der Waals surface area contributed by atoms with E-state index >= 15 is 0 Å². The fraction of sp³-hybridized carbons (Fsp3) is 0.423. The van der Waals surface area contributed by atoms with Gasteiger partial charge in [-0.2, -0.15) is 13.2 Å². The normalized spacial score (nSPS) is 15.7. The molecule has 0 aliphatic carbocycles. The van der Waals surface area contributed by atoms with Crippen molar-refractivity contribution in [3.05, 3.63) is 59.0 Å². The number of nitrogens with zero attached hydrogens (tertiary/aromatic N) is 1. The molecule has 0 spiro atoms. The number of carbonyl (C=O) groups is 1. The third-order valence-corrected chi connectivity index (χ3v) is 6.59. The number of halogens is 4. The molecule has 0 fully saturated rings. The molecule has 0 saturated heterocycles. The summed E-state index contributed by atoms with van der Waals surface area (Å²) in [4.78, 5) is 16.5. The third-order valence-electron chi connectivity index (χ3n) is 6.59. The highest BCUT2D eigenvalue weighted by molar-refractivity contribution is 5.83. The van der Waals surface area contributed by atoms with Crippen LogP contribution in [0.4, 0.5) is 17.6 Å². The van der Waals surface area contributed by atoms with E-state index in [4.69, 9.17) is 15.2 Å². The molecule has 6 nitrogen and oxygen atoms in total. The van der Waals surface area contributed by atoms with Gasteiger partial charge >= 0.3 is 6.18 Å². The highest BCUT2D eigenvalue weighted by Gasteiger charge is 2.33. The van der Waals surface area contributed by atoms with E-state index in [1.165, 1.54) is 19.2 Å². The first-order valence-corrected chi connectivity index (χ1v) is 11.8. The first-order chi connectivity index (χ1) is 17.1. The lowest BCUT2D eigenvalue weighted by Gasteiger charge is -2.36. The third kappa shape index (κ3) is 6.10. The predicted molar refractivity (Wildman–Crippen MR) is 128 cm³/mol. The van der Waals surface area contributed by atoms with Crippen molar-refractivity contribution in [1.29, 1.82) is 0 Å². The number of ether oxygens (including phenoxy) is 2. The van der Waals surface area contributed by atoms with Crippen molar-refractivity contribution >= 4 is 16.8 Å². The number of carbonyl (C=O) groups excluding carboxylic acids is 1. The van der Waals surface area contributed by atoms with Crippen LogP contribution in [0.3, 0.4) is 0 Å². The maximum absolute atomic E-state index is 13.7. The summed E-state index contributed by atoms with van der Waals surface area (Å²) in [6, 6.07) is 7.62. The molecule has 2 aromatic carbocycles. The maximum atomic E-state index is 13.7. The van der Waals surface area contributed by atoms with Gasteiger partial charge in [0.15, 0.2) is 11.5 Å². The number of benzene rings is 2. The van der Waals surface area contributed by atoms with E-state index in [1.807, 2.05) is 6.20 Å². The first-order valence-electron chi connectivity index (χ1n) is 11.8. The zero-order valence-electron chi connectivity index (χ0n) is 20.0. The Morgan fingerprint density at radius 1 is 1.22 bits per heavy atom. The molecule has 36 heavy (non-hydrogen) atoms. The summed E-state index contributed by atoms with van der Waals surface area (Å²) in [5.41, 5.74) is 8.55. The second kappa shape index (κ2) is 10.8. The molecule has 1 amide bonds. The van der Waals surface area contributed by atoms with Crippen molar-refractivity contribution in [3.63, 3.8) is 0 Å². The van der Waals surface area contributed by atoms with E-state index in [0.717, 1.165) is 22.0 Å². The van der Waals surface area contributed by atoms with Gasteiger partial charge in [-0.15, -0.1) is 0 Å². The van der Waals surface area contributed by atoms with Crippen molar-refractivity contribution in [2.45, 2.75) is 44.3 Å². The number of nitrogens with one attached hydrogen (secondary N) is 1. The number of H-pyrrole nitrogens is 1. The average molecular weight is 508 g/mol. The molecule has 0 saturated carbocycles. The van der Waals surface area contributed by atoms with Gasteiger partial charge in [0.2, 0.25) is 5.91 Å². The summed E-state index contributed by atoms with van der Waals surface area (Å²) >= 11 is 0. The zero-order valence-corrected chi connectivity index (χ0v) is 20.0. The van der Waals surface area contributed by atoms with Crippen LogP contribution in [0.25, 0.3) is 10.9 Å². The molecule has 1 aliphatic rings. The van der Waals surface area contributed by atoms with E-state index in [-0.39, 0.29) is 31.4 Å². The maximum Gasteiger partial charge on any atom is 0.390 e. The standard InChI is InChI=1S/C26H29F4N3O3/c1-35-23-7-4-16(11-24(31)34)21-13-19(15-36-25(21)23)33(10-8-26(28,29)30)9-2-3-17-14-32-22-6-5-18(27)12-20(17)22/h4-7,12,14,19,32H,2-3,8-11,13,15H2,1H3,(H2,31,34)/t19-/m1/s1. The summed E-state index contributed by atoms with van der Waals surface area (Å²) in [5.74, 6) is 0.165. The monoisotopic (exact) mass is 507 g/mol. The Bertz CT molecular complexity index is 1230. The van der Waals surface area contributed by atoms with Gasteiger partial charge in [-0.1, -0.05) is 6.07 Å². The van der Waals surface area contributed by atoms with Crippen LogP contribution in [0.2, 0.25) is 0 Å². The van der Waals surface area contributed by atoms with E-state index in [2.05, 4.69) is 4.98 Å². The molecule has 0 unspecified atom stereocenters. The fourth-order valence-corrected chi connectivity index (χ4v) is 4.83. The van der Waals surface area contributed by atoms with Gasteiger partial charge in [0.05, 0.1) is 20.0 Å². The van der Waals surface area contributed by atoms with Crippen molar-refractivity contribution in [3.8, 4) is 11.5 Å². The van der Waals surface area contributed by atoms with Gasteiger partial charge in [0.1, 0.15) is 12.4 Å². The highest BCUT2D eigenvalue weighted by atomic mass is 19.4. The molecule has 194 valence electrons. The quantitative estimate of drug-likeness (QED) is 0.395. The zero-order chi connectivity index (χ0) is 25.9. The Morgan fingerprint density at radius 3 is 2.75 bits per heavy atom. The fourth-order valence-electron chi connectivity index (χ4n) is 4.83. The van der Waals surface area contributed by atoms with Crippen molar-refractivity contribution in [2.24, 2.45) is 5.73 Å². The summed E-state index contributed by atoms with van der Waals surface area (Å²) < 4.78 is 64.4. The van der Waals surface area contributed by atoms with Gasteiger partial charge < -0.3 is 20.2 Å². The molecular weight excluding hydrogens is 478 g/mol. The van der Waals surface area contributed by atoms with Crippen molar-refractivity contribution in [2.75, 3.05) is 26.8 Å². The lowest BCUT2D eigenvalue weighted by molar-refractivity contribution is -0.139. The number of fused-ring (bicyclic) bond motifs is 2. The van der Waals surface area contributed by atoms with E-state index in [0.29, 0.717) is 42.9 Å². The van der Waals surface area contributed by atoms with Crippen molar-refractivity contribution in [1.82, 2.24) is 9.88 Å². The smallest absolute Gasteiger partial charge is 0.390 e. The number of methoxy groups -OCH3 is 1. The number of hydrogen-bond donors (Lipinski definition) is 2. The van der Waals surface area contributed by atoms with E-state index in [1.54, 1.807) is 23.1 Å². The predicted octanol–water partition coefficient (Wildman–Crippen LogP) is 4.53. The van der Waals surface area contributed by atoms with Gasteiger partial charge in [0, 0.05) is 35.2 Å². The number of aromatic nitrogens is 1. The van der Waals surface area contributed by atoms with Crippen LogP contribution in [0.15, 0.2) is 36.5 Å². The second-order valence-electron chi connectivity index (χ2n) is 9.06. The van der Waals surface area contributed by atoms with Gasteiger partial charge in [0.25, 0.3) is 0 Å². The lowest BCUT2D eigenvalue weighted by Crippen LogP contribution is -2.45. The minimum Gasteiger partial charge on any atom is -0.493 e. The topological polar surface area (TPSA) is 80.6 Å². The van der Waals surface area contributed by atoms with E-state index < -0.39 is 18.5 Å². The Hall–Kier alpha value is -3.27. The van der Waals surface area contributed by atoms with Crippen LogP contribution in [-0.4, -0.2) is 54.8 Å². The number of aryl methyl sites for hydroxylation is 1. The Kier molecular flexibility index (Phi) is 7.73. The molecular formula is C26H29F4N3O3. The molecule has 1 aromatic heterocycles. The summed E-state index contributed by atoms with van der Waals surface area (Å²) in [6.45, 7) is 0.417. The number of primary amides is 1. The second-order valence-corrected chi connectivity index (χ2v) is 9.06. The lowest BCUT2D eigenvalue weighted by atomic mass is 9.93. The molecule has 3 aromatic rings. The number of hydrogen-bond acceptors (Lipinski definition) is 4. The molecule has 0 bridgehead atoms. The molecule has 0 radical (unpaired) electrons. The summed E-state index contributed by atoms with van der Waals surface area (Å²) in [6.07, 6.45) is -1.85. The molecule has 1 aliphatic heterocycles. The largest absolute Gasteiger partial charge is 0.493 e.